The molecule has 18 heavy (non-hydrogen) atoms. The molecule has 0 atom stereocenters. The van der Waals surface area contributed by atoms with Crippen LogP contribution in [0.4, 0.5) is 0 Å². The van der Waals surface area contributed by atoms with Crippen LogP contribution in [-0.2, 0) is 20.7 Å². The van der Waals surface area contributed by atoms with Crippen molar-refractivity contribution in [2.45, 2.75) is 31.5 Å². The number of carbonyl (C=O) groups is 2. The molecule has 0 aliphatic carbocycles. The van der Waals surface area contributed by atoms with Gasteiger partial charge in [0.1, 0.15) is 11.2 Å². The van der Waals surface area contributed by atoms with Crippen molar-refractivity contribution in [2.75, 3.05) is 12.9 Å². The van der Waals surface area contributed by atoms with Crippen LogP contribution in [0.25, 0.3) is 0 Å². The Kier molecular flexibility index (Phi) is 5.28. The third kappa shape index (κ3) is 3.52. The molecule has 0 unspecified atom stereocenters. The van der Waals surface area contributed by atoms with Crippen LogP contribution in [0.2, 0.25) is 0 Å². The van der Waals surface area contributed by atoms with Crippen molar-refractivity contribution in [3.05, 3.63) is 5.82 Å². The third-order valence-electron chi connectivity index (χ3n) is 2.49. The van der Waals surface area contributed by atoms with Crippen LogP contribution in [-0.4, -0.2) is 34.0 Å². The maximum Gasteiger partial charge on any atom is 0.318 e. The van der Waals surface area contributed by atoms with Gasteiger partial charge in [-0.15, -0.1) is 0 Å². The number of methoxy groups -OCH3 is 1. The second-order valence-corrected chi connectivity index (χ2v) is 6.13. The summed E-state index contributed by atoms with van der Waals surface area (Å²) in [4.78, 5) is 27.7. The molecular weight excluding hydrogens is 272 g/mol. The molecule has 1 aromatic rings. The maximum absolute atomic E-state index is 11.9. The second-order valence-electron chi connectivity index (χ2n) is 4.16. The normalized spacial score (nSPS) is 11.3. The molecule has 1 rings (SSSR count). The van der Waals surface area contributed by atoms with Gasteiger partial charge in [-0.1, -0.05) is 18.7 Å². The van der Waals surface area contributed by atoms with Gasteiger partial charge in [0, 0.05) is 6.42 Å². The smallest absolute Gasteiger partial charge is 0.318 e. The summed E-state index contributed by atoms with van der Waals surface area (Å²) in [5.41, 5.74) is -1.11. The molecule has 0 aliphatic heterocycles. The Labute approximate surface area is 114 Å². The number of ether oxygens (including phenoxy) is 1. The van der Waals surface area contributed by atoms with Gasteiger partial charge in [-0.2, -0.15) is 4.37 Å². The van der Waals surface area contributed by atoms with Crippen LogP contribution in [0.1, 0.15) is 26.6 Å². The minimum Gasteiger partial charge on any atom is -0.468 e. The lowest BCUT2D eigenvalue weighted by molar-refractivity contribution is -0.154. The van der Waals surface area contributed by atoms with E-state index >= 15 is 0 Å². The van der Waals surface area contributed by atoms with E-state index in [0.717, 1.165) is 16.6 Å². The van der Waals surface area contributed by atoms with Gasteiger partial charge in [0.2, 0.25) is 0 Å². The molecule has 0 saturated carbocycles. The minimum absolute atomic E-state index is 0.174. The molecule has 0 radical (unpaired) electrons. The predicted molar refractivity (Wildman–Crippen MR) is 70.8 cm³/mol. The number of ketones is 1. The van der Waals surface area contributed by atoms with Crippen LogP contribution in [0, 0.1) is 5.41 Å². The highest BCUT2D eigenvalue weighted by molar-refractivity contribution is 8.01. The maximum atomic E-state index is 11.9. The Hall–Kier alpha value is -0.950. The van der Waals surface area contributed by atoms with E-state index in [-0.39, 0.29) is 11.5 Å². The van der Waals surface area contributed by atoms with Gasteiger partial charge >= 0.3 is 5.97 Å². The first-order valence-corrected chi connectivity index (χ1v) is 7.24. The molecule has 0 amide bonds. The fraction of sp³-hybridized carbons (Fsp3) is 0.636. The first-order chi connectivity index (χ1) is 8.41. The summed E-state index contributed by atoms with van der Waals surface area (Å²) in [5, 5.41) is 0. The Balaban J connectivity index is 2.58. The predicted octanol–water partition coefficient (Wildman–Crippen LogP) is 1.96. The molecule has 0 fully saturated rings. The zero-order valence-electron chi connectivity index (χ0n) is 10.8. The topological polar surface area (TPSA) is 69.2 Å². The molecule has 7 heteroatoms. The number of thioether (sulfide) groups is 1. The molecular formula is C11H16N2O3S2. The zero-order chi connectivity index (χ0) is 13.8. The molecule has 0 aliphatic rings. The molecule has 5 nitrogen and oxygen atoms in total. The van der Waals surface area contributed by atoms with E-state index in [1.807, 2.05) is 6.92 Å². The summed E-state index contributed by atoms with van der Waals surface area (Å²) < 4.78 is 9.50. The average Bonchev–Trinajstić information content (AvgIpc) is 2.82. The number of carbonyl (C=O) groups excluding carboxylic acids is 2. The fourth-order valence-electron chi connectivity index (χ4n) is 1.12. The molecule has 0 spiro atoms. The van der Waals surface area contributed by atoms with Gasteiger partial charge in [-0.3, -0.25) is 9.59 Å². The number of hydrogen-bond acceptors (Lipinski definition) is 7. The molecule has 0 bridgehead atoms. The Morgan fingerprint density at radius 3 is 2.61 bits per heavy atom. The number of aromatic nitrogens is 2. The average molecular weight is 288 g/mol. The highest BCUT2D eigenvalue weighted by Gasteiger charge is 2.36. The van der Waals surface area contributed by atoms with Crippen molar-refractivity contribution in [3.8, 4) is 0 Å². The molecule has 0 N–H and O–H groups in total. The second kappa shape index (κ2) is 6.29. The number of Topliss-reactive ketones (excluding diaryl/α,β-unsaturated/α-hetero) is 1. The quantitative estimate of drug-likeness (QED) is 0.453. The van der Waals surface area contributed by atoms with Crippen molar-refractivity contribution in [2.24, 2.45) is 5.41 Å². The van der Waals surface area contributed by atoms with E-state index in [1.165, 1.54) is 30.4 Å². The van der Waals surface area contributed by atoms with Crippen molar-refractivity contribution in [3.63, 3.8) is 0 Å². The lowest BCUT2D eigenvalue weighted by Crippen LogP contribution is -2.35. The standard InChI is InChI=1S/C11H16N2O3S2/c1-5-8-12-10(18-13-8)17-6-7(14)11(2,3)9(15)16-4/h5-6H2,1-4H3. The van der Waals surface area contributed by atoms with Crippen LogP contribution in [0.15, 0.2) is 4.34 Å². The lowest BCUT2D eigenvalue weighted by atomic mass is 9.89. The number of hydrogen-bond donors (Lipinski definition) is 0. The molecule has 0 aromatic carbocycles. The summed E-state index contributed by atoms with van der Waals surface area (Å²) in [7, 11) is 1.28. The van der Waals surface area contributed by atoms with Gasteiger partial charge in [0.15, 0.2) is 10.1 Å². The SMILES string of the molecule is CCc1nsc(SCC(=O)C(C)(C)C(=O)OC)n1. The van der Waals surface area contributed by atoms with Gasteiger partial charge in [-0.05, 0) is 25.4 Å². The Morgan fingerprint density at radius 2 is 2.11 bits per heavy atom. The van der Waals surface area contributed by atoms with E-state index in [1.54, 1.807) is 13.8 Å². The van der Waals surface area contributed by atoms with Crippen molar-refractivity contribution in [1.82, 2.24) is 9.36 Å². The van der Waals surface area contributed by atoms with Crippen LogP contribution < -0.4 is 0 Å². The van der Waals surface area contributed by atoms with Gasteiger partial charge < -0.3 is 4.74 Å². The largest absolute Gasteiger partial charge is 0.468 e. The lowest BCUT2D eigenvalue weighted by Gasteiger charge is -2.19. The summed E-state index contributed by atoms with van der Waals surface area (Å²) >= 11 is 2.58. The van der Waals surface area contributed by atoms with Crippen LogP contribution in [0.5, 0.6) is 0 Å². The van der Waals surface area contributed by atoms with E-state index in [4.69, 9.17) is 0 Å². The Morgan fingerprint density at radius 1 is 1.44 bits per heavy atom. The number of aryl methyl sites for hydroxylation is 1. The van der Waals surface area contributed by atoms with Crippen molar-refractivity contribution < 1.29 is 14.3 Å². The van der Waals surface area contributed by atoms with Gasteiger partial charge in [0.05, 0.1) is 12.9 Å². The molecule has 100 valence electrons. The minimum atomic E-state index is -1.11. The van der Waals surface area contributed by atoms with E-state index in [9.17, 15) is 9.59 Å². The fourth-order valence-corrected chi connectivity index (χ4v) is 2.90. The van der Waals surface area contributed by atoms with Crippen LogP contribution in [0.3, 0.4) is 0 Å². The summed E-state index contributed by atoms with van der Waals surface area (Å²) in [5.74, 6) is 0.287. The summed E-state index contributed by atoms with van der Waals surface area (Å²) in [6, 6.07) is 0. The number of nitrogens with zero attached hydrogens (tertiary/aromatic N) is 2. The monoisotopic (exact) mass is 288 g/mol. The van der Waals surface area contributed by atoms with E-state index < -0.39 is 11.4 Å². The third-order valence-corrected chi connectivity index (χ3v) is 4.36. The number of esters is 1. The Bertz CT molecular complexity index is 443. The zero-order valence-corrected chi connectivity index (χ0v) is 12.5. The van der Waals surface area contributed by atoms with Gasteiger partial charge in [-0.25, -0.2) is 4.98 Å². The van der Waals surface area contributed by atoms with Crippen molar-refractivity contribution in [1.29, 1.82) is 0 Å². The molecule has 1 aromatic heterocycles. The summed E-state index contributed by atoms with van der Waals surface area (Å²) in [6.07, 6.45) is 0.776. The first-order valence-electron chi connectivity index (χ1n) is 5.49. The van der Waals surface area contributed by atoms with Gasteiger partial charge in [0.25, 0.3) is 0 Å². The van der Waals surface area contributed by atoms with E-state index in [0.29, 0.717) is 0 Å². The highest BCUT2D eigenvalue weighted by atomic mass is 32.2. The molecule has 1 heterocycles. The van der Waals surface area contributed by atoms with Crippen molar-refractivity contribution >= 4 is 35.0 Å². The number of rotatable bonds is 6. The van der Waals surface area contributed by atoms with Crippen LogP contribution >= 0.6 is 23.3 Å². The molecule has 0 saturated heterocycles. The van der Waals surface area contributed by atoms with E-state index in [2.05, 4.69) is 14.1 Å². The first kappa shape index (κ1) is 15.1. The highest BCUT2D eigenvalue weighted by Crippen LogP contribution is 2.26. The summed E-state index contributed by atoms with van der Waals surface area (Å²) in [6.45, 7) is 5.11.